The summed E-state index contributed by atoms with van der Waals surface area (Å²) >= 11 is 1.31. The van der Waals surface area contributed by atoms with Crippen LogP contribution >= 0.6 is 11.8 Å². The molecule has 0 atom stereocenters. The molecule has 0 saturated heterocycles. The maximum Gasteiger partial charge on any atom is 0.340 e. The molecule has 0 amide bonds. The maximum atomic E-state index is 12.6. The lowest BCUT2D eigenvalue weighted by Crippen LogP contribution is -2.08. The van der Waals surface area contributed by atoms with Gasteiger partial charge < -0.3 is 19.4 Å². The molecule has 0 aliphatic carbocycles. The minimum absolute atomic E-state index is 0.103. The van der Waals surface area contributed by atoms with E-state index in [0.29, 0.717) is 34.3 Å². The number of Topliss-reactive ketones (excluding diaryl/α,β-unsaturated/α-hetero) is 1. The fraction of sp³-hybridized carbons (Fsp3) is 0.316. The number of hydrogen-bond donors (Lipinski definition) is 2. The molecule has 0 aliphatic rings. The van der Waals surface area contributed by atoms with Gasteiger partial charge in [-0.2, -0.15) is 0 Å². The monoisotopic (exact) mass is 387 g/mol. The third kappa shape index (κ3) is 3.85. The van der Waals surface area contributed by atoms with E-state index in [0.717, 1.165) is 16.8 Å². The summed E-state index contributed by atoms with van der Waals surface area (Å²) < 4.78 is 10.3. The van der Waals surface area contributed by atoms with E-state index >= 15 is 0 Å². The Kier molecular flexibility index (Phi) is 5.55. The second-order valence-corrected chi connectivity index (χ2v) is 6.95. The average molecular weight is 387 g/mol. The number of ether oxygens (including phenoxy) is 2. The summed E-state index contributed by atoms with van der Waals surface area (Å²) in [4.78, 5) is 35.4. The normalized spacial score (nSPS) is 11.0. The van der Waals surface area contributed by atoms with Crippen LogP contribution < -0.4 is 4.74 Å². The van der Waals surface area contributed by atoms with Gasteiger partial charge in [-0.3, -0.25) is 4.79 Å². The number of thioether (sulfide) groups is 1. The van der Waals surface area contributed by atoms with Crippen molar-refractivity contribution in [3.05, 3.63) is 40.7 Å². The molecule has 3 aromatic rings. The van der Waals surface area contributed by atoms with Crippen molar-refractivity contribution < 1.29 is 19.1 Å². The molecule has 1 aromatic carbocycles. The quantitative estimate of drug-likeness (QED) is 0.365. The highest BCUT2D eigenvalue weighted by Gasteiger charge is 2.23. The number of imidazole rings is 1. The predicted octanol–water partition coefficient (Wildman–Crippen LogP) is 3.67. The highest BCUT2D eigenvalue weighted by atomic mass is 32.2. The first kappa shape index (κ1) is 19.0. The van der Waals surface area contributed by atoms with E-state index in [9.17, 15) is 9.59 Å². The third-order valence-electron chi connectivity index (χ3n) is 4.20. The Balaban J connectivity index is 1.74. The van der Waals surface area contributed by atoms with Crippen molar-refractivity contribution in [3.8, 4) is 5.75 Å². The zero-order valence-electron chi connectivity index (χ0n) is 15.6. The van der Waals surface area contributed by atoms with Crippen LogP contribution in [-0.4, -0.2) is 46.2 Å². The smallest absolute Gasteiger partial charge is 0.340 e. The number of ketones is 1. The summed E-state index contributed by atoms with van der Waals surface area (Å²) in [7, 11) is 1.61. The number of carbonyl (C=O) groups is 2. The molecule has 0 spiro atoms. The molecule has 0 radical (unpaired) electrons. The molecular formula is C19H21N3O4S. The number of aromatic amines is 2. The standard InChI is InChI=1S/C19H21N3O4S/c1-5-26-18(24)16-10(2)17(20-11(16)3)15(23)9-27-19-21-13-7-6-12(25-4)8-14(13)22-19/h6-8,20H,5,9H2,1-4H3,(H,21,22). The lowest BCUT2D eigenvalue weighted by atomic mass is 10.1. The molecule has 0 bridgehead atoms. The van der Waals surface area contributed by atoms with Gasteiger partial charge in [0, 0.05) is 11.8 Å². The van der Waals surface area contributed by atoms with Crippen molar-refractivity contribution in [2.75, 3.05) is 19.5 Å². The Hall–Kier alpha value is -2.74. The predicted molar refractivity (Wildman–Crippen MR) is 104 cm³/mol. The Morgan fingerprint density at radius 1 is 1.22 bits per heavy atom. The first-order chi connectivity index (χ1) is 12.9. The number of esters is 1. The van der Waals surface area contributed by atoms with Crippen LogP contribution in [0.5, 0.6) is 5.75 Å². The van der Waals surface area contributed by atoms with Crippen LogP contribution in [0.4, 0.5) is 0 Å². The number of nitrogens with one attached hydrogen (secondary N) is 2. The number of hydrogen-bond acceptors (Lipinski definition) is 6. The molecule has 0 fully saturated rings. The highest BCUT2D eigenvalue weighted by Crippen LogP contribution is 2.25. The maximum absolute atomic E-state index is 12.6. The number of aromatic nitrogens is 3. The zero-order valence-corrected chi connectivity index (χ0v) is 16.5. The number of H-pyrrole nitrogens is 2. The van der Waals surface area contributed by atoms with Gasteiger partial charge in [-0.05, 0) is 38.5 Å². The fourth-order valence-electron chi connectivity index (χ4n) is 2.91. The Bertz CT molecular complexity index is 1010. The molecule has 3 rings (SSSR count). The van der Waals surface area contributed by atoms with Gasteiger partial charge in [0.15, 0.2) is 10.9 Å². The van der Waals surface area contributed by atoms with Crippen molar-refractivity contribution >= 4 is 34.5 Å². The van der Waals surface area contributed by atoms with Gasteiger partial charge in [0.2, 0.25) is 0 Å². The van der Waals surface area contributed by atoms with Crippen LogP contribution in [0, 0.1) is 13.8 Å². The van der Waals surface area contributed by atoms with E-state index in [2.05, 4.69) is 15.0 Å². The number of carbonyl (C=O) groups excluding carboxylic acids is 2. The summed E-state index contributed by atoms with van der Waals surface area (Å²) in [6.45, 7) is 5.55. The number of rotatable bonds is 7. The molecule has 0 saturated carbocycles. The van der Waals surface area contributed by atoms with Crippen LogP contribution in [0.3, 0.4) is 0 Å². The summed E-state index contributed by atoms with van der Waals surface area (Å²) in [6, 6.07) is 5.56. The molecule has 0 unspecified atom stereocenters. The molecule has 0 aliphatic heterocycles. The molecular weight excluding hydrogens is 366 g/mol. The van der Waals surface area contributed by atoms with E-state index < -0.39 is 5.97 Å². The topological polar surface area (TPSA) is 97.1 Å². The lowest BCUT2D eigenvalue weighted by molar-refractivity contribution is 0.0525. The van der Waals surface area contributed by atoms with Gasteiger partial charge in [0.25, 0.3) is 0 Å². The zero-order chi connectivity index (χ0) is 19.6. The van der Waals surface area contributed by atoms with Crippen LogP contribution in [-0.2, 0) is 4.74 Å². The van der Waals surface area contributed by atoms with Crippen molar-refractivity contribution in [2.24, 2.45) is 0 Å². The fourth-order valence-corrected chi connectivity index (χ4v) is 3.66. The number of methoxy groups -OCH3 is 1. The second kappa shape index (κ2) is 7.87. The SMILES string of the molecule is CCOC(=O)c1c(C)[nH]c(C(=O)CSc2nc3ccc(OC)cc3[nH]2)c1C. The van der Waals surface area contributed by atoms with Crippen LogP contribution in [0.15, 0.2) is 23.4 Å². The van der Waals surface area contributed by atoms with Gasteiger partial charge >= 0.3 is 5.97 Å². The number of fused-ring (bicyclic) bond motifs is 1. The molecule has 8 heteroatoms. The average Bonchev–Trinajstić information content (AvgIpc) is 3.19. The third-order valence-corrected chi connectivity index (χ3v) is 5.08. The first-order valence-electron chi connectivity index (χ1n) is 8.50. The molecule has 27 heavy (non-hydrogen) atoms. The van der Waals surface area contributed by atoms with Crippen molar-refractivity contribution in [1.29, 1.82) is 0 Å². The Labute approximate surface area is 160 Å². The van der Waals surface area contributed by atoms with Gasteiger partial charge in [-0.15, -0.1) is 0 Å². The first-order valence-corrected chi connectivity index (χ1v) is 9.49. The van der Waals surface area contributed by atoms with Crippen LogP contribution in [0.2, 0.25) is 0 Å². The largest absolute Gasteiger partial charge is 0.497 e. The molecule has 2 N–H and O–H groups in total. The summed E-state index contributed by atoms with van der Waals surface area (Å²) in [6.07, 6.45) is 0. The van der Waals surface area contributed by atoms with Gasteiger partial charge in [0.05, 0.1) is 41.8 Å². The van der Waals surface area contributed by atoms with Gasteiger partial charge in [-0.25, -0.2) is 9.78 Å². The molecule has 2 heterocycles. The van der Waals surface area contributed by atoms with Crippen molar-refractivity contribution in [3.63, 3.8) is 0 Å². The summed E-state index contributed by atoms with van der Waals surface area (Å²) in [5, 5.41) is 0.651. The number of nitrogens with zero attached hydrogens (tertiary/aromatic N) is 1. The van der Waals surface area contributed by atoms with Crippen LogP contribution in [0.25, 0.3) is 11.0 Å². The van der Waals surface area contributed by atoms with Gasteiger partial charge in [-0.1, -0.05) is 11.8 Å². The summed E-state index contributed by atoms with van der Waals surface area (Å²) in [5.74, 6) is 0.415. The minimum atomic E-state index is -0.415. The second-order valence-electron chi connectivity index (χ2n) is 5.98. The number of aryl methyl sites for hydroxylation is 1. The van der Waals surface area contributed by atoms with E-state index in [1.54, 1.807) is 27.9 Å². The van der Waals surface area contributed by atoms with E-state index in [1.807, 2.05) is 18.2 Å². The van der Waals surface area contributed by atoms with Crippen LogP contribution in [0.1, 0.15) is 39.0 Å². The van der Waals surface area contributed by atoms with Crippen molar-refractivity contribution in [2.45, 2.75) is 25.9 Å². The van der Waals surface area contributed by atoms with E-state index in [4.69, 9.17) is 9.47 Å². The molecule has 2 aromatic heterocycles. The lowest BCUT2D eigenvalue weighted by Gasteiger charge is -2.02. The molecule has 7 nitrogen and oxygen atoms in total. The molecule has 142 valence electrons. The minimum Gasteiger partial charge on any atom is -0.497 e. The van der Waals surface area contributed by atoms with E-state index in [1.165, 1.54) is 11.8 Å². The van der Waals surface area contributed by atoms with E-state index in [-0.39, 0.29) is 11.5 Å². The highest BCUT2D eigenvalue weighted by molar-refractivity contribution is 7.99. The summed E-state index contributed by atoms with van der Waals surface area (Å²) in [5.41, 5.74) is 3.77. The van der Waals surface area contributed by atoms with Gasteiger partial charge in [0.1, 0.15) is 5.75 Å². The van der Waals surface area contributed by atoms with Crippen molar-refractivity contribution in [1.82, 2.24) is 15.0 Å². The number of benzene rings is 1. The Morgan fingerprint density at radius 3 is 2.70 bits per heavy atom. The Morgan fingerprint density at radius 2 is 2.00 bits per heavy atom.